The standard InChI is InChI=1S/C16H32N2/c1-4-15(5-2,6-3)13-18-12-9-16(14-18)7-10-17-11-8-16/h17H,4-14H2,1-3H3. The first-order chi connectivity index (χ1) is 8.67. The van der Waals surface area contributed by atoms with E-state index in [-0.39, 0.29) is 0 Å². The lowest BCUT2D eigenvalue weighted by molar-refractivity contribution is 0.129. The Morgan fingerprint density at radius 3 is 2.17 bits per heavy atom. The van der Waals surface area contributed by atoms with Crippen molar-refractivity contribution < 1.29 is 0 Å². The highest BCUT2D eigenvalue weighted by Crippen LogP contribution is 2.41. The second-order valence-electron chi connectivity index (χ2n) is 6.77. The summed E-state index contributed by atoms with van der Waals surface area (Å²) >= 11 is 0. The summed E-state index contributed by atoms with van der Waals surface area (Å²) in [5.41, 5.74) is 1.25. The SMILES string of the molecule is CCC(CC)(CC)CN1CCC2(CCNCC2)C1. The third kappa shape index (κ3) is 2.91. The Morgan fingerprint density at radius 2 is 1.61 bits per heavy atom. The van der Waals surface area contributed by atoms with Crippen LogP contribution in [0, 0.1) is 10.8 Å². The molecule has 18 heavy (non-hydrogen) atoms. The second-order valence-corrected chi connectivity index (χ2v) is 6.77. The summed E-state index contributed by atoms with van der Waals surface area (Å²) in [5.74, 6) is 0. The fraction of sp³-hybridized carbons (Fsp3) is 1.00. The summed E-state index contributed by atoms with van der Waals surface area (Å²) in [4.78, 5) is 2.78. The Labute approximate surface area is 114 Å². The Morgan fingerprint density at radius 1 is 1.00 bits per heavy atom. The van der Waals surface area contributed by atoms with Gasteiger partial charge in [-0.3, -0.25) is 0 Å². The number of hydrogen-bond acceptors (Lipinski definition) is 2. The molecular weight excluding hydrogens is 220 g/mol. The molecule has 2 rings (SSSR count). The fourth-order valence-corrected chi connectivity index (χ4v) is 4.09. The van der Waals surface area contributed by atoms with Crippen LogP contribution in [-0.2, 0) is 0 Å². The van der Waals surface area contributed by atoms with Crippen LogP contribution < -0.4 is 5.32 Å². The van der Waals surface area contributed by atoms with Crippen LogP contribution >= 0.6 is 0 Å². The molecule has 0 unspecified atom stereocenters. The minimum absolute atomic E-state index is 0.582. The van der Waals surface area contributed by atoms with Gasteiger partial charge in [0.2, 0.25) is 0 Å². The van der Waals surface area contributed by atoms with E-state index in [9.17, 15) is 0 Å². The third-order valence-corrected chi connectivity index (χ3v) is 5.99. The van der Waals surface area contributed by atoms with E-state index in [1.807, 2.05) is 0 Å². The van der Waals surface area contributed by atoms with Gasteiger partial charge in [-0.15, -0.1) is 0 Å². The molecule has 0 saturated carbocycles. The monoisotopic (exact) mass is 252 g/mol. The zero-order valence-electron chi connectivity index (χ0n) is 12.7. The fourth-order valence-electron chi connectivity index (χ4n) is 4.09. The average Bonchev–Trinajstić information content (AvgIpc) is 2.79. The minimum atomic E-state index is 0.582. The van der Waals surface area contributed by atoms with Gasteiger partial charge < -0.3 is 10.2 Å². The molecule has 1 N–H and O–H groups in total. The number of hydrogen-bond donors (Lipinski definition) is 1. The third-order valence-electron chi connectivity index (χ3n) is 5.99. The van der Waals surface area contributed by atoms with E-state index in [4.69, 9.17) is 0 Å². The molecule has 2 heterocycles. The highest BCUT2D eigenvalue weighted by atomic mass is 15.2. The van der Waals surface area contributed by atoms with Gasteiger partial charge in [0.1, 0.15) is 0 Å². The quantitative estimate of drug-likeness (QED) is 0.808. The van der Waals surface area contributed by atoms with Gasteiger partial charge in [0.15, 0.2) is 0 Å². The van der Waals surface area contributed by atoms with Crippen LogP contribution in [0.15, 0.2) is 0 Å². The van der Waals surface area contributed by atoms with Gasteiger partial charge in [-0.1, -0.05) is 20.8 Å². The average molecular weight is 252 g/mol. The molecule has 2 nitrogen and oxygen atoms in total. The van der Waals surface area contributed by atoms with Crippen molar-refractivity contribution >= 4 is 0 Å². The molecule has 0 bridgehead atoms. The summed E-state index contributed by atoms with van der Waals surface area (Å²) < 4.78 is 0. The molecule has 2 heteroatoms. The number of nitrogens with zero attached hydrogens (tertiary/aromatic N) is 1. The Hall–Kier alpha value is -0.0800. The molecule has 0 amide bonds. The Balaban J connectivity index is 1.92. The lowest BCUT2D eigenvalue weighted by Gasteiger charge is -2.37. The van der Waals surface area contributed by atoms with E-state index < -0.39 is 0 Å². The molecule has 0 aromatic rings. The number of piperidine rings is 1. The lowest BCUT2D eigenvalue weighted by Crippen LogP contribution is -2.41. The largest absolute Gasteiger partial charge is 0.317 e. The van der Waals surface area contributed by atoms with Crippen LogP contribution in [0.2, 0.25) is 0 Å². The van der Waals surface area contributed by atoms with Crippen molar-refractivity contribution in [3.05, 3.63) is 0 Å². The van der Waals surface area contributed by atoms with Crippen LogP contribution in [0.25, 0.3) is 0 Å². The Kier molecular flexibility index (Phi) is 4.71. The number of likely N-dealkylation sites (tertiary alicyclic amines) is 1. The van der Waals surface area contributed by atoms with Crippen molar-refractivity contribution in [3.8, 4) is 0 Å². The summed E-state index contributed by atoms with van der Waals surface area (Å²) in [6.45, 7) is 13.7. The smallest absolute Gasteiger partial charge is 0.00396 e. The summed E-state index contributed by atoms with van der Waals surface area (Å²) in [6, 6.07) is 0. The van der Waals surface area contributed by atoms with E-state index in [0.29, 0.717) is 10.8 Å². The molecule has 2 aliphatic heterocycles. The van der Waals surface area contributed by atoms with Crippen LogP contribution in [0.5, 0.6) is 0 Å². The van der Waals surface area contributed by atoms with E-state index in [1.165, 1.54) is 71.2 Å². The van der Waals surface area contributed by atoms with Crippen molar-refractivity contribution in [2.75, 3.05) is 32.7 Å². The maximum atomic E-state index is 3.51. The molecular formula is C16H32N2. The second kappa shape index (κ2) is 5.92. The first-order valence-corrected chi connectivity index (χ1v) is 8.11. The van der Waals surface area contributed by atoms with Crippen molar-refractivity contribution in [1.29, 1.82) is 0 Å². The van der Waals surface area contributed by atoms with Crippen molar-refractivity contribution in [2.24, 2.45) is 10.8 Å². The molecule has 0 aromatic carbocycles. The van der Waals surface area contributed by atoms with Crippen molar-refractivity contribution in [3.63, 3.8) is 0 Å². The van der Waals surface area contributed by atoms with Gasteiger partial charge in [-0.25, -0.2) is 0 Å². The van der Waals surface area contributed by atoms with Gasteiger partial charge in [0.05, 0.1) is 0 Å². The van der Waals surface area contributed by atoms with E-state index in [0.717, 1.165) is 0 Å². The topological polar surface area (TPSA) is 15.3 Å². The highest BCUT2D eigenvalue weighted by Gasteiger charge is 2.40. The molecule has 1 spiro atoms. The number of nitrogens with one attached hydrogen (secondary N) is 1. The molecule has 0 aliphatic carbocycles. The Bertz CT molecular complexity index is 244. The zero-order chi connectivity index (χ0) is 13.1. The van der Waals surface area contributed by atoms with Crippen LogP contribution in [0.3, 0.4) is 0 Å². The number of rotatable bonds is 5. The molecule has 0 radical (unpaired) electrons. The normalized spacial score (nSPS) is 24.8. The van der Waals surface area contributed by atoms with Crippen LogP contribution in [0.1, 0.15) is 59.3 Å². The maximum absolute atomic E-state index is 3.51. The summed E-state index contributed by atoms with van der Waals surface area (Å²) in [7, 11) is 0. The van der Waals surface area contributed by atoms with Gasteiger partial charge >= 0.3 is 0 Å². The highest BCUT2D eigenvalue weighted by molar-refractivity contribution is 4.94. The van der Waals surface area contributed by atoms with E-state index >= 15 is 0 Å². The minimum Gasteiger partial charge on any atom is -0.317 e. The van der Waals surface area contributed by atoms with Gasteiger partial charge in [0.25, 0.3) is 0 Å². The van der Waals surface area contributed by atoms with Crippen LogP contribution in [-0.4, -0.2) is 37.6 Å². The predicted molar refractivity (Wildman–Crippen MR) is 78.9 cm³/mol. The first-order valence-electron chi connectivity index (χ1n) is 8.11. The molecule has 106 valence electrons. The first kappa shape index (κ1) is 14.3. The van der Waals surface area contributed by atoms with Crippen molar-refractivity contribution in [2.45, 2.75) is 59.3 Å². The van der Waals surface area contributed by atoms with E-state index in [1.54, 1.807) is 0 Å². The van der Waals surface area contributed by atoms with Crippen molar-refractivity contribution in [1.82, 2.24) is 10.2 Å². The molecule has 2 saturated heterocycles. The zero-order valence-corrected chi connectivity index (χ0v) is 12.7. The van der Waals surface area contributed by atoms with Gasteiger partial charge in [-0.2, -0.15) is 0 Å². The van der Waals surface area contributed by atoms with E-state index in [2.05, 4.69) is 31.0 Å². The van der Waals surface area contributed by atoms with Gasteiger partial charge in [0, 0.05) is 13.1 Å². The summed E-state index contributed by atoms with van der Waals surface area (Å²) in [6.07, 6.45) is 8.27. The lowest BCUT2D eigenvalue weighted by atomic mass is 9.77. The summed E-state index contributed by atoms with van der Waals surface area (Å²) in [5, 5.41) is 3.51. The maximum Gasteiger partial charge on any atom is 0.00396 e. The van der Waals surface area contributed by atoms with Crippen LogP contribution in [0.4, 0.5) is 0 Å². The predicted octanol–water partition coefficient (Wildman–Crippen LogP) is 3.28. The molecule has 0 atom stereocenters. The molecule has 2 aliphatic rings. The molecule has 2 fully saturated rings. The molecule has 0 aromatic heterocycles. The van der Waals surface area contributed by atoms with Gasteiger partial charge in [-0.05, 0) is 69.0 Å².